The Morgan fingerprint density at radius 3 is 0.796 bits per heavy atom. The third-order valence-electron chi connectivity index (χ3n) is 8.43. The van der Waals surface area contributed by atoms with Crippen molar-refractivity contribution in [3.05, 3.63) is 24.3 Å². The normalized spacial score (nSPS) is 12.3. The number of hydroxylamine groups is 6. The monoisotopic (exact) mass is 721 g/mol. The van der Waals surface area contributed by atoms with E-state index in [1.54, 1.807) is 0 Å². The average Bonchev–Trinajstić information content (AvgIpc) is 2.99. The molecule has 0 atom stereocenters. The molecule has 0 aromatic carbocycles. The van der Waals surface area contributed by atoms with E-state index in [1.165, 1.54) is 167 Å². The summed E-state index contributed by atoms with van der Waals surface area (Å²) in [6, 6.07) is 0. The molecule has 8 nitrogen and oxygen atoms in total. The van der Waals surface area contributed by atoms with Gasteiger partial charge in [0.15, 0.2) is 0 Å². The molecule has 49 heavy (non-hydrogen) atoms. The van der Waals surface area contributed by atoms with Crippen molar-refractivity contribution in [1.82, 2.24) is 0 Å². The third kappa shape index (κ3) is 69.7. The summed E-state index contributed by atoms with van der Waals surface area (Å²) in [4.78, 5) is 0. The fourth-order valence-electron chi connectivity index (χ4n) is 5.49. The van der Waals surface area contributed by atoms with Crippen LogP contribution in [0.15, 0.2) is 24.3 Å². The molecule has 0 fully saturated rings. The van der Waals surface area contributed by atoms with Crippen LogP contribution in [0, 0.1) is 0 Å². The van der Waals surface area contributed by atoms with Crippen molar-refractivity contribution in [2.45, 2.75) is 194 Å². The Kier molecular flexibility index (Phi) is 41.2. The lowest BCUT2D eigenvalue weighted by molar-refractivity contribution is -1.07. The largest absolute Gasteiger partial charge is 0.759 e. The van der Waals surface area contributed by atoms with Gasteiger partial charge in [-0.3, -0.25) is 8.42 Å². The molecule has 296 valence electrons. The Labute approximate surface area is 306 Å². The Bertz CT molecular complexity index is 745. The van der Waals surface area contributed by atoms with E-state index in [0.717, 1.165) is 25.9 Å². The van der Waals surface area contributed by atoms with Crippen LogP contribution in [-0.2, 0) is 10.4 Å². The highest BCUT2D eigenvalue weighted by Crippen LogP contribution is 2.12. The molecule has 0 aromatic rings. The van der Waals surface area contributed by atoms with Gasteiger partial charge in [-0.05, 0) is 77.0 Å². The van der Waals surface area contributed by atoms with Crippen molar-refractivity contribution < 1.29 is 37.2 Å². The fourth-order valence-corrected chi connectivity index (χ4v) is 5.49. The lowest BCUT2D eigenvalue weighted by Crippen LogP contribution is -2.36. The molecule has 0 aliphatic carbocycles. The molecule has 0 saturated heterocycles. The summed E-state index contributed by atoms with van der Waals surface area (Å²) < 4.78 is 34.3. The van der Waals surface area contributed by atoms with E-state index in [2.05, 4.69) is 38.2 Å². The zero-order chi connectivity index (χ0) is 37.5. The molecule has 0 bridgehead atoms. The first kappa shape index (κ1) is 52.5. The van der Waals surface area contributed by atoms with E-state index in [1.807, 2.05) is 28.2 Å². The lowest BCUT2D eigenvalue weighted by Gasteiger charge is -2.18. The van der Waals surface area contributed by atoms with Gasteiger partial charge in [0.1, 0.15) is 13.1 Å². The minimum Gasteiger partial charge on any atom is -0.759 e. The SMILES string of the molecule is CCCCCCCC/C=C\CCCCCCCC[N+](C)(C)O.CCCCCCCC/C=C\CCCCCCCC[N+](C)(C)O.O=S(=O)([O-])[O-]. The summed E-state index contributed by atoms with van der Waals surface area (Å²) in [6.07, 6.45) is 47.0. The smallest absolute Gasteiger partial charge is 0.108 e. The molecule has 0 radical (unpaired) electrons. The second kappa shape index (κ2) is 38.4. The number of quaternary nitrogens is 2. The van der Waals surface area contributed by atoms with E-state index < -0.39 is 10.4 Å². The van der Waals surface area contributed by atoms with Crippen LogP contribution in [0.2, 0.25) is 0 Å². The van der Waals surface area contributed by atoms with Crippen molar-refractivity contribution in [2.24, 2.45) is 0 Å². The number of allylic oxidation sites excluding steroid dienone is 4. The summed E-state index contributed by atoms with van der Waals surface area (Å²) in [7, 11) is 2.21. The highest BCUT2D eigenvalue weighted by molar-refractivity contribution is 7.79. The number of nitrogens with zero attached hydrogens (tertiary/aromatic N) is 2. The Morgan fingerprint density at radius 1 is 0.408 bits per heavy atom. The average molecular weight is 721 g/mol. The van der Waals surface area contributed by atoms with E-state index in [0.29, 0.717) is 0 Å². The molecular weight excluding hydrogens is 637 g/mol. The first-order valence-corrected chi connectivity index (χ1v) is 21.5. The molecule has 0 spiro atoms. The van der Waals surface area contributed by atoms with Gasteiger partial charge in [0.05, 0.1) is 28.2 Å². The van der Waals surface area contributed by atoms with Crippen molar-refractivity contribution in [1.29, 1.82) is 0 Å². The maximum Gasteiger partial charge on any atom is 0.108 e. The van der Waals surface area contributed by atoms with E-state index >= 15 is 0 Å². The summed E-state index contributed by atoms with van der Waals surface area (Å²) in [6.45, 7) is 6.30. The summed E-state index contributed by atoms with van der Waals surface area (Å²) >= 11 is 0. The lowest BCUT2D eigenvalue weighted by atomic mass is 10.1. The number of hydrogen-bond acceptors (Lipinski definition) is 6. The highest BCUT2D eigenvalue weighted by Gasteiger charge is 2.09. The van der Waals surface area contributed by atoms with Gasteiger partial charge in [-0.25, -0.2) is 10.4 Å². The van der Waals surface area contributed by atoms with Gasteiger partial charge in [-0.15, -0.1) is 0 Å². The number of rotatable bonds is 32. The van der Waals surface area contributed by atoms with Crippen molar-refractivity contribution in [3.8, 4) is 0 Å². The van der Waals surface area contributed by atoms with Crippen LogP contribution in [0.4, 0.5) is 0 Å². The summed E-state index contributed by atoms with van der Waals surface area (Å²) in [5, 5.41) is 19.1. The predicted molar refractivity (Wildman–Crippen MR) is 207 cm³/mol. The minimum absolute atomic E-state index is 0.114. The Hall–Kier alpha value is -0.810. The van der Waals surface area contributed by atoms with Crippen LogP contribution in [0.5, 0.6) is 0 Å². The van der Waals surface area contributed by atoms with Gasteiger partial charge in [0.2, 0.25) is 0 Å². The quantitative estimate of drug-likeness (QED) is 0.0178. The number of unbranched alkanes of at least 4 members (excludes halogenated alkanes) is 24. The van der Waals surface area contributed by atoms with Gasteiger partial charge in [0, 0.05) is 10.4 Å². The summed E-state index contributed by atoms with van der Waals surface area (Å²) in [5.74, 6) is 0. The maximum atomic E-state index is 9.56. The molecule has 0 rings (SSSR count). The minimum atomic E-state index is -5.17. The van der Waals surface area contributed by atoms with Crippen molar-refractivity contribution in [3.63, 3.8) is 0 Å². The third-order valence-corrected chi connectivity index (χ3v) is 8.43. The molecule has 0 aromatic heterocycles. The number of hydrogen-bond donors (Lipinski definition) is 2. The standard InChI is InChI=1S/2C20H42NO.H2O4S/c2*1-4-5-6-7-8-9-10-11-12-13-14-15-16-17-18-19-20-21(2,3)22;1-5(2,3)4/h2*11-12,22H,4-10,13-20H2,1-3H3;(H2,1,2,3,4)/q2*+1;/p-2/b2*12-11-;. The molecule has 0 heterocycles. The van der Waals surface area contributed by atoms with E-state index in [-0.39, 0.29) is 9.29 Å². The second-order valence-corrected chi connectivity index (χ2v) is 15.8. The van der Waals surface area contributed by atoms with Gasteiger partial charge >= 0.3 is 0 Å². The van der Waals surface area contributed by atoms with Gasteiger partial charge < -0.3 is 9.11 Å². The predicted octanol–water partition coefficient (Wildman–Crippen LogP) is 11.6. The zero-order valence-electron chi connectivity index (χ0n) is 33.4. The zero-order valence-corrected chi connectivity index (χ0v) is 34.2. The van der Waals surface area contributed by atoms with E-state index in [4.69, 9.17) is 17.5 Å². The van der Waals surface area contributed by atoms with Gasteiger partial charge in [-0.2, -0.15) is 9.29 Å². The first-order chi connectivity index (χ1) is 23.1. The first-order valence-electron chi connectivity index (χ1n) is 20.2. The highest BCUT2D eigenvalue weighted by atomic mass is 32.3. The maximum absolute atomic E-state index is 9.56. The molecule has 9 heteroatoms. The van der Waals surface area contributed by atoms with Crippen LogP contribution in [0.1, 0.15) is 194 Å². The van der Waals surface area contributed by atoms with Crippen LogP contribution in [0.3, 0.4) is 0 Å². The summed E-state index contributed by atoms with van der Waals surface area (Å²) in [5.41, 5.74) is 0. The topological polar surface area (TPSA) is 121 Å². The van der Waals surface area contributed by atoms with Crippen LogP contribution >= 0.6 is 0 Å². The molecule has 0 unspecified atom stereocenters. The molecule has 0 aliphatic heterocycles. The Balaban J connectivity index is -0.000000757. The van der Waals surface area contributed by atoms with Crippen LogP contribution < -0.4 is 0 Å². The fraction of sp³-hybridized carbons (Fsp3) is 0.900. The van der Waals surface area contributed by atoms with Crippen molar-refractivity contribution >= 4 is 10.4 Å². The molecular formula is C40H84N2O6S. The second-order valence-electron chi connectivity index (χ2n) is 15.0. The Morgan fingerprint density at radius 2 is 0.592 bits per heavy atom. The van der Waals surface area contributed by atoms with E-state index in [9.17, 15) is 10.4 Å². The molecule has 0 saturated carbocycles. The van der Waals surface area contributed by atoms with Crippen LogP contribution in [0.25, 0.3) is 0 Å². The van der Waals surface area contributed by atoms with Gasteiger partial charge in [0.25, 0.3) is 0 Å². The molecule has 0 amide bonds. The van der Waals surface area contributed by atoms with Gasteiger partial charge in [-0.1, -0.05) is 141 Å². The molecule has 2 N–H and O–H groups in total. The molecule has 0 aliphatic rings. The van der Waals surface area contributed by atoms with Crippen molar-refractivity contribution in [2.75, 3.05) is 41.3 Å². The van der Waals surface area contributed by atoms with Crippen LogP contribution in [-0.4, -0.2) is 78.5 Å².